The fraction of sp³-hybridized carbons (Fsp3) is 0.400. The number of thiazole rings is 1. The van der Waals surface area contributed by atoms with E-state index in [-0.39, 0.29) is 0 Å². The van der Waals surface area contributed by atoms with Crippen LogP contribution in [0.15, 0.2) is 48.5 Å². The SMILES string of the molecule is Cc1cc2nc(-c3ccc4c(c3)c(N3CCN(C(C)C)CC3)nn4C)sc2c(-c2ccc(Cl)cc2)c1[C@H](OC(C)(C)C)C(=O)O. The van der Waals surface area contributed by atoms with Gasteiger partial charge in [-0.3, -0.25) is 9.58 Å². The number of benzene rings is 3. The highest BCUT2D eigenvalue weighted by atomic mass is 35.5. The average Bonchev–Trinajstić information content (AvgIpc) is 3.56. The number of aromatic nitrogens is 3. The van der Waals surface area contributed by atoms with E-state index in [2.05, 4.69) is 41.8 Å². The van der Waals surface area contributed by atoms with Crippen molar-refractivity contribution in [3.05, 3.63) is 64.7 Å². The molecule has 1 atom stereocenters. The Hall–Kier alpha value is -3.50. The molecule has 45 heavy (non-hydrogen) atoms. The van der Waals surface area contributed by atoms with Gasteiger partial charge in [-0.05, 0) is 89.1 Å². The van der Waals surface area contributed by atoms with Crippen molar-refractivity contribution in [1.82, 2.24) is 19.7 Å². The summed E-state index contributed by atoms with van der Waals surface area (Å²) in [6.07, 6.45) is -1.16. The second-order valence-corrected chi connectivity index (χ2v) is 14.5. The van der Waals surface area contributed by atoms with Gasteiger partial charge in [0.05, 0.1) is 21.3 Å². The lowest BCUT2D eigenvalue weighted by atomic mass is 9.91. The quantitative estimate of drug-likeness (QED) is 0.192. The summed E-state index contributed by atoms with van der Waals surface area (Å²) in [7, 11) is 1.99. The Morgan fingerprint density at radius 3 is 2.31 bits per heavy atom. The van der Waals surface area contributed by atoms with E-state index in [9.17, 15) is 9.90 Å². The molecule has 3 aromatic carbocycles. The van der Waals surface area contributed by atoms with E-state index in [4.69, 9.17) is 26.4 Å². The van der Waals surface area contributed by atoms with Crippen LogP contribution in [0, 0.1) is 6.92 Å². The monoisotopic (exact) mass is 645 g/mol. The third kappa shape index (κ3) is 6.19. The molecular weight excluding hydrogens is 606 g/mol. The summed E-state index contributed by atoms with van der Waals surface area (Å²) in [5.41, 5.74) is 5.35. The molecule has 0 saturated carbocycles. The normalized spacial score (nSPS) is 15.4. The first-order valence-corrected chi connectivity index (χ1v) is 16.6. The minimum absolute atomic E-state index is 0.533. The molecule has 0 aliphatic carbocycles. The van der Waals surface area contributed by atoms with Gasteiger partial charge >= 0.3 is 5.97 Å². The zero-order valence-electron chi connectivity index (χ0n) is 26.9. The molecule has 236 valence electrons. The van der Waals surface area contributed by atoms with E-state index < -0.39 is 17.7 Å². The number of halogens is 1. The Kier molecular flexibility index (Phi) is 8.41. The van der Waals surface area contributed by atoms with Gasteiger partial charge in [0, 0.05) is 66.4 Å². The van der Waals surface area contributed by atoms with Crippen LogP contribution >= 0.6 is 22.9 Å². The largest absolute Gasteiger partial charge is 0.479 e. The number of carboxylic acid groups (broad SMARTS) is 1. The van der Waals surface area contributed by atoms with Gasteiger partial charge in [0.2, 0.25) is 0 Å². The topological polar surface area (TPSA) is 83.7 Å². The van der Waals surface area contributed by atoms with Crippen molar-refractivity contribution in [3.8, 4) is 21.7 Å². The van der Waals surface area contributed by atoms with Gasteiger partial charge in [0.25, 0.3) is 0 Å². The molecule has 1 aliphatic rings. The molecule has 0 radical (unpaired) electrons. The second kappa shape index (κ2) is 12.0. The molecule has 0 amide bonds. The van der Waals surface area contributed by atoms with Gasteiger partial charge in [0.1, 0.15) is 5.01 Å². The van der Waals surface area contributed by atoms with Crippen LogP contribution in [0.2, 0.25) is 5.02 Å². The fourth-order valence-corrected chi connectivity index (χ4v) is 7.47. The Bertz CT molecular complexity index is 1880. The van der Waals surface area contributed by atoms with Gasteiger partial charge in [-0.15, -0.1) is 11.3 Å². The van der Waals surface area contributed by atoms with Gasteiger partial charge in [0.15, 0.2) is 11.9 Å². The van der Waals surface area contributed by atoms with E-state index in [1.807, 2.05) is 69.8 Å². The summed E-state index contributed by atoms with van der Waals surface area (Å²) >= 11 is 7.84. The maximum Gasteiger partial charge on any atom is 0.337 e. The number of anilines is 1. The molecule has 1 saturated heterocycles. The molecular formula is C35H40ClN5O3S. The molecule has 1 aliphatic heterocycles. The number of aliphatic carboxylic acids is 1. The molecule has 1 N–H and O–H groups in total. The maximum atomic E-state index is 12.7. The van der Waals surface area contributed by atoms with Crippen molar-refractivity contribution < 1.29 is 14.6 Å². The van der Waals surface area contributed by atoms with Crippen LogP contribution in [0.3, 0.4) is 0 Å². The van der Waals surface area contributed by atoms with Gasteiger partial charge < -0.3 is 14.7 Å². The van der Waals surface area contributed by atoms with Crippen LogP contribution in [0.5, 0.6) is 0 Å². The minimum atomic E-state index is -1.16. The third-order valence-electron chi connectivity index (χ3n) is 8.44. The van der Waals surface area contributed by atoms with Crippen LogP contribution in [-0.2, 0) is 16.6 Å². The van der Waals surface area contributed by atoms with Gasteiger partial charge in [-0.25, -0.2) is 9.78 Å². The molecule has 2 aromatic heterocycles. The van der Waals surface area contributed by atoms with E-state index in [1.54, 1.807) is 11.3 Å². The third-order valence-corrected chi connectivity index (χ3v) is 9.83. The number of aryl methyl sites for hydroxylation is 2. The van der Waals surface area contributed by atoms with E-state index in [0.717, 1.165) is 80.4 Å². The lowest BCUT2D eigenvalue weighted by molar-refractivity contribution is -0.160. The van der Waals surface area contributed by atoms with E-state index in [1.165, 1.54) is 0 Å². The Morgan fingerprint density at radius 2 is 1.69 bits per heavy atom. The number of ether oxygens (including phenoxy) is 1. The number of fused-ring (bicyclic) bond motifs is 2. The average molecular weight is 646 g/mol. The standard InChI is InChI=1S/C35H40ClN5O3S/c1-20(2)40-14-16-41(17-15-40)32-25-19-23(10-13-27(25)39(7)38-32)33-37-26-18-21(3)28(30(34(42)43)44-35(4,5)6)29(31(26)45-33)22-8-11-24(36)12-9-22/h8-13,18-20,30H,14-17H2,1-7H3,(H,42,43)/t30-/m0/s1. The van der Waals surface area contributed by atoms with Crippen LogP contribution in [0.1, 0.15) is 51.8 Å². The summed E-state index contributed by atoms with van der Waals surface area (Å²) in [5, 5.41) is 17.9. The summed E-state index contributed by atoms with van der Waals surface area (Å²) in [5.74, 6) is -0.0291. The van der Waals surface area contributed by atoms with Crippen molar-refractivity contribution in [3.63, 3.8) is 0 Å². The smallest absolute Gasteiger partial charge is 0.337 e. The predicted octanol–water partition coefficient (Wildman–Crippen LogP) is 7.95. The lowest BCUT2D eigenvalue weighted by Gasteiger charge is -2.37. The molecule has 8 nitrogen and oxygen atoms in total. The molecule has 1 fully saturated rings. The number of rotatable bonds is 7. The number of nitrogens with zero attached hydrogens (tertiary/aromatic N) is 5. The summed E-state index contributed by atoms with van der Waals surface area (Å²) in [6, 6.07) is 16.5. The highest BCUT2D eigenvalue weighted by molar-refractivity contribution is 7.22. The molecule has 10 heteroatoms. The Balaban J connectivity index is 1.50. The molecule has 0 unspecified atom stereocenters. The van der Waals surface area contributed by atoms with Crippen molar-refractivity contribution in [1.29, 1.82) is 0 Å². The molecule has 3 heterocycles. The summed E-state index contributed by atoms with van der Waals surface area (Å²) in [4.78, 5) is 22.7. The van der Waals surface area contributed by atoms with Gasteiger partial charge in [-0.2, -0.15) is 5.10 Å². The highest BCUT2D eigenvalue weighted by Crippen LogP contribution is 2.45. The number of piperazine rings is 1. The Labute approximate surface area is 273 Å². The van der Waals surface area contributed by atoms with Crippen molar-refractivity contribution >= 4 is 55.8 Å². The first-order chi connectivity index (χ1) is 21.3. The molecule has 0 spiro atoms. The summed E-state index contributed by atoms with van der Waals surface area (Å²) < 4.78 is 9.04. The lowest BCUT2D eigenvalue weighted by Crippen LogP contribution is -2.49. The minimum Gasteiger partial charge on any atom is -0.479 e. The van der Waals surface area contributed by atoms with E-state index in [0.29, 0.717) is 16.6 Å². The number of hydrogen-bond donors (Lipinski definition) is 1. The molecule has 6 rings (SSSR count). The van der Waals surface area contributed by atoms with Crippen molar-refractivity contribution in [2.24, 2.45) is 7.05 Å². The molecule has 5 aromatic rings. The van der Waals surface area contributed by atoms with E-state index >= 15 is 0 Å². The number of carboxylic acids is 1. The van der Waals surface area contributed by atoms with Gasteiger partial charge in [-0.1, -0.05) is 23.7 Å². The zero-order chi connectivity index (χ0) is 32.2. The number of carbonyl (C=O) groups is 1. The summed E-state index contributed by atoms with van der Waals surface area (Å²) in [6.45, 7) is 15.9. The maximum absolute atomic E-state index is 12.7. The first-order valence-electron chi connectivity index (χ1n) is 15.4. The van der Waals surface area contributed by atoms with Crippen LogP contribution in [0.4, 0.5) is 5.82 Å². The molecule has 0 bridgehead atoms. The van der Waals surface area contributed by atoms with Crippen LogP contribution in [-0.4, -0.2) is 68.6 Å². The first kappa shape index (κ1) is 31.5. The number of hydrogen-bond acceptors (Lipinski definition) is 7. The van der Waals surface area contributed by atoms with Crippen molar-refractivity contribution in [2.75, 3.05) is 31.1 Å². The second-order valence-electron chi connectivity index (χ2n) is 13.1. The Morgan fingerprint density at radius 1 is 1.02 bits per heavy atom. The van der Waals surface area contributed by atoms with Crippen molar-refractivity contribution in [2.45, 2.75) is 59.3 Å². The highest BCUT2D eigenvalue weighted by Gasteiger charge is 2.32. The van der Waals surface area contributed by atoms with Crippen LogP contribution < -0.4 is 4.90 Å². The predicted molar refractivity (Wildman–Crippen MR) is 185 cm³/mol. The fourth-order valence-electron chi connectivity index (χ4n) is 6.23. The van der Waals surface area contributed by atoms with Crippen LogP contribution in [0.25, 0.3) is 42.8 Å². The zero-order valence-corrected chi connectivity index (χ0v) is 28.5.